The van der Waals surface area contributed by atoms with Crippen LogP contribution in [0.2, 0.25) is 0 Å². The van der Waals surface area contributed by atoms with Crippen LogP contribution in [0.4, 0.5) is 0 Å². The molecule has 0 saturated carbocycles. The lowest BCUT2D eigenvalue weighted by Gasteiger charge is -2.30. The van der Waals surface area contributed by atoms with Crippen LogP contribution in [0.15, 0.2) is 16.6 Å². The lowest BCUT2D eigenvalue weighted by atomic mass is 9.96. The summed E-state index contributed by atoms with van der Waals surface area (Å²) < 4.78 is 6.64. The maximum Gasteiger partial charge on any atom is 0.254 e. The lowest BCUT2D eigenvalue weighted by Crippen LogP contribution is -2.42. The molecule has 2 aliphatic rings. The molecule has 0 N–H and O–H groups in total. The molecular formula is C15H18BrNO2. The van der Waals surface area contributed by atoms with Crippen molar-refractivity contribution in [2.45, 2.75) is 32.3 Å². The highest BCUT2D eigenvalue weighted by Gasteiger charge is 2.28. The van der Waals surface area contributed by atoms with Gasteiger partial charge in [0.15, 0.2) is 0 Å². The minimum atomic E-state index is 0.150. The van der Waals surface area contributed by atoms with E-state index in [0.29, 0.717) is 0 Å². The fraction of sp³-hybridized carbons (Fsp3) is 0.533. The molecule has 0 radical (unpaired) electrons. The van der Waals surface area contributed by atoms with E-state index in [-0.39, 0.29) is 12.0 Å². The molecule has 0 aromatic heterocycles. The van der Waals surface area contributed by atoms with E-state index in [1.54, 1.807) is 0 Å². The number of hydrogen-bond donors (Lipinski definition) is 0. The van der Waals surface area contributed by atoms with E-state index in [9.17, 15) is 4.79 Å². The molecule has 1 amide bonds. The molecule has 2 heterocycles. The molecule has 1 aromatic carbocycles. The zero-order valence-electron chi connectivity index (χ0n) is 11.1. The van der Waals surface area contributed by atoms with E-state index < -0.39 is 0 Å². The largest absolute Gasteiger partial charge is 0.376 e. The molecule has 1 atom stereocenters. The first-order chi connectivity index (χ1) is 9.15. The van der Waals surface area contributed by atoms with Crippen molar-refractivity contribution in [1.29, 1.82) is 0 Å². The Kier molecular flexibility index (Phi) is 3.63. The summed E-state index contributed by atoms with van der Waals surface area (Å²) in [5.74, 6) is 0.150. The molecular weight excluding hydrogens is 306 g/mol. The van der Waals surface area contributed by atoms with Crippen molar-refractivity contribution in [3.63, 3.8) is 0 Å². The quantitative estimate of drug-likeness (QED) is 0.837. The Morgan fingerprint density at radius 2 is 2.32 bits per heavy atom. The lowest BCUT2D eigenvalue weighted by molar-refractivity contribution is 0.0510. The Morgan fingerprint density at radius 1 is 1.47 bits per heavy atom. The van der Waals surface area contributed by atoms with Gasteiger partial charge in [-0.15, -0.1) is 0 Å². The van der Waals surface area contributed by atoms with Crippen LogP contribution in [-0.4, -0.2) is 36.6 Å². The third kappa shape index (κ3) is 2.56. The predicted molar refractivity (Wildman–Crippen MR) is 77.5 cm³/mol. The van der Waals surface area contributed by atoms with Gasteiger partial charge < -0.3 is 9.64 Å². The molecule has 0 bridgehead atoms. The highest BCUT2D eigenvalue weighted by Crippen LogP contribution is 2.27. The van der Waals surface area contributed by atoms with Gasteiger partial charge in [0.05, 0.1) is 6.10 Å². The summed E-state index contributed by atoms with van der Waals surface area (Å²) in [6.07, 6.45) is 3.38. The molecule has 1 saturated heterocycles. The van der Waals surface area contributed by atoms with E-state index in [1.807, 2.05) is 11.0 Å². The average molecular weight is 324 g/mol. The zero-order chi connectivity index (χ0) is 13.4. The molecule has 3 nitrogen and oxygen atoms in total. The third-order valence-corrected chi connectivity index (χ3v) is 4.86. The number of hydrogen-bond acceptors (Lipinski definition) is 2. The van der Waals surface area contributed by atoms with Gasteiger partial charge in [0, 0.05) is 29.7 Å². The molecule has 2 aliphatic heterocycles. The summed E-state index contributed by atoms with van der Waals surface area (Å²) in [5, 5.41) is 0. The number of ether oxygens (including phenoxy) is 1. The monoisotopic (exact) mass is 323 g/mol. The van der Waals surface area contributed by atoms with Crippen LogP contribution in [0.5, 0.6) is 0 Å². The number of amides is 1. The summed E-state index contributed by atoms with van der Waals surface area (Å²) in [5.41, 5.74) is 3.22. The van der Waals surface area contributed by atoms with Gasteiger partial charge in [0.1, 0.15) is 0 Å². The highest BCUT2D eigenvalue weighted by molar-refractivity contribution is 9.10. The molecule has 3 rings (SSSR count). The van der Waals surface area contributed by atoms with Crippen molar-refractivity contribution < 1.29 is 9.53 Å². The molecule has 4 heteroatoms. The fourth-order valence-electron chi connectivity index (χ4n) is 2.88. The SMILES string of the molecule is Cc1cc2c(cc1Br)C(=O)N(CC1CCCO1)CC2. The van der Waals surface area contributed by atoms with Crippen LogP contribution < -0.4 is 0 Å². The van der Waals surface area contributed by atoms with E-state index in [2.05, 4.69) is 28.9 Å². The summed E-state index contributed by atoms with van der Waals surface area (Å²) in [6.45, 7) is 4.46. The number of carbonyl (C=O) groups is 1. The van der Waals surface area contributed by atoms with E-state index in [1.165, 1.54) is 11.1 Å². The minimum absolute atomic E-state index is 0.150. The van der Waals surface area contributed by atoms with Crippen molar-refractivity contribution in [2.75, 3.05) is 19.7 Å². The number of halogens is 1. The Balaban J connectivity index is 1.81. The second kappa shape index (κ2) is 5.25. The van der Waals surface area contributed by atoms with Crippen molar-refractivity contribution in [3.8, 4) is 0 Å². The van der Waals surface area contributed by atoms with Crippen molar-refractivity contribution >= 4 is 21.8 Å². The Morgan fingerprint density at radius 3 is 3.05 bits per heavy atom. The molecule has 1 fully saturated rings. The summed E-state index contributed by atoms with van der Waals surface area (Å²) in [4.78, 5) is 14.5. The average Bonchev–Trinajstić information content (AvgIpc) is 2.88. The number of nitrogens with zero attached hydrogens (tertiary/aromatic N) is 1. The topological polar surface area (TPSA) is 29.5 Å². The van der Waals surface area contributed by atoms with E-state index in [0.717, 1.165) is 49.0 Å². The second-order valence-electron chi connectivity index (χ2n) is 5.39. The number of carbonyl (C=O) groups excluding carboxylic acids is 1. The number of rotatable bonds is 2. The van der Waals surface area contributed by atoms with Gasteiger partial charge in [0.25, 0.3) is 5.91 Å². The Bertz CT molecular complexity index is 509. The van der Waals surface area contributed by atoms with Crippen LogP contribution in [0.1, 0.15) is 34.3 Å². The van der Waals surface area contributed by atoms with Crippen LogP contribution in [0.3, 0.4) is 0 Å². The molecule has 102 valence electrons. The summed E-state index contributed by atoms with van der Waals surface area (Å²) >= 11 is 3.51. The molecule has 1 aromatic rings. The second-order valence-corrected chi connectivity index (χ2v) is 6.25. The fourth-order valence-corrected chi connectivity index (χ4v) is 3.23. The minimum Gasteiger partial charge on any atom is -0.376 e. The molecule has 0 spiro atoms. The van der Waals surface area contributed by atoms with Gasteiger partial charge in [-0.25, -0.2) is 0 Å². The first-order valence-electron chi connectivity index (χ1n) is 6.85. The molecule has 1 unspecified atom stereocenters. The van der Waals surface area contributed by atoms with Gasteiger partial charge >= 0.3 is 0 Å². The molecule has 0 aliphatic carbocycles. The first kappa shape index (κ1) is 13.1. The first-order valence-corrected chi connectivity index (χ1v) is 7.64. The van der Waals surface area contributed by atoms with Gasteiger partial charge in [-0.2, -0.15) is 0 Å². The summed E-state index contributed by atoms with van der Waals surface area (Å²) in [7, 11) is 0. The van der Waals surface area contributed by atoms with E-state index >= 15 is 0 Å². The summed E-state index contributed by atoms with van der Waals surface area (Å²) in [6, 6.07) is 4.09. The molecule has 19 heavy (non-hydrogen) atoms. The smallest absolute Gasteiger partial charge is 0.254 e. The van der Waals surface area contributed by atoms with Crippen LogP contribution in [0, 0.1) is 6.92 Å². The van der Waals surface area contributed by atoms with Crippen LogP contribution in [-0.2, 0) is 11.2 Å². The predicted octanol–water partition coefficient (Wildman–Crippen LogP) is 2.93. The zero-order valence-corrected chi connectivity index (χ0v) is 12.7. The standard InChI is InChI=1S/C15H18BrNO2/c1-10-7-11-4-5-17(9-12-3-2-6-19-12)15(18)13(11)8-14(10)16/h7-8,12H,2-6,9H2,1H3. The number of benzene rings is 1. The van der Waals surface area contributed by atoms with Gasteiger partial charge in [-0.1, -0.05) is 22.0 Å². The van der Waals surface area contributed by atoms with Gasteiger partial charge in [0.2, 0.25) is 0 Å². The van der Waals surface area contributed by atoms with Crippen molar-refractivity contribution in [3.05, 3.63) is 33.3 Å². The highest BCUT2D eigenvalue weighted by atomic mass is 79.9. The third-order valence-electron chi connectivity index (χ3n) is 4.00. The Labute approximate surface area is 122 Å². The van der Waals surface area contributed by atoms with Gasteiger partial charge in [-0.05, 0) is 43.4 Å². The normalized spacial score (nSPS) is 22.7. The van der Waals surface area contributed by atoms with E-state index in [4.69, 9.17) is 4.74 Å². The Hall–Kier alpha value is -0.870. The van der Waals surface area contributed by atoms with Gasteiger partial charge in [-0.3, -0.25) is 4.79 Å². The van der Waals surface area contributed by atoms with Crippen LogP contribution in [0.25, 0.3) is 0 Å². The van der Waals surface area contributed by atoms with Crippen LogP contribution >= 0.6 is 15.9 Å². The maximum atomic E-state index is 12.5. The van der Waals surface area contributed by atoms with Crippen molar-refractivity contribution in [2.24, 2.45) is 0 Å². The van der Waals surface area contributed by atoms with Crippen molar-refractivity contribution in [1.82, 2.24) is 4.90 Å². The maximum absolute atomic E-state index is 12.5. The number of fused-ring (bicyclic) bond motifs is 1. The number of aryl methyl sites for hydroxylation is 1.